The van der Waals surface area contributed by atoms with Crippen LogP contribution in [-0.2, 0) is 9.53 Å². The normalized spacial score (nSPS) is 15.0. The van der Waals surface area contributed by atoms with Gasteiger partial charge in [0.1, 0.15) is 18.1 Å². The van der Waals surface area contributed by atoms with Crippen molar-refractivity contribution in [2.24, 2.45) is 0 Å². The van der Waals surface area contributed by atoms with Crippen molar-refractivity contribution in [2.75, 3.05) is 62.9 Å². The van der Waals surface area contributed by atoms with Crippen LogP contribution >= 0.6 is 0 Å². The maximum Gasteiger partial charge on any atom is 0.255 e. The first-order chi connectivity index (χ1) is 16.6. The van der Waals surface area contributed by atoms with Gasteiger partial charge in [-0.25, -0.2) is 0 Å². The molecule has 1 N–H and O–H groups in total. The molecule has 0 atom stereocenters. The van der Waals surface area contributed by atoms with Crippen molar-refractivity contribution in [3.63, 3.8) is 0 Å². The van der Waals surface area contributed by atoms with Crippen LogP contribution in [0.5, 0.6) is 23.0 Å². The van der Waals surface area contributed by atoms with Gasteiger partial charge in [0.25, 0.3) is 5.91 Å². The van der Waals surface area contributed by atoms with E-state index in [1.54, 1.807) is 0 Å². The van der Waals surface area contributed by atoms with Gasteiger partial charge in [-0.2, -0.15) is 0 Å². The number of fused-ring (bicyclic) bond motifs is 1. The number of rotatable bonds is 9. The first-order valence-corrected chi connectivity index (χ1v) is 11.8. The second-order valence-electron chi connectivity index (χ2n) is 7.80. The third-order valence-electron chi connectivity index (χ3n) is 5.56. The highest BCUT2D eigenvalue weighted by Crippen LogP contribution is 2.40. The number of carbonyl (C=O) groups excluding carboxylic acids is 1. The summed E-state index contributed by atoms with van der Waals surface area (Å²) in [5.74, 6) is 2.37. The number of nitrogens with zero attached hydrogens (tertiary/aromatic N) is 1. The van der Waals surface area contributed by atoms with Crippen LogP contribution in [0, 0.1) is 0 Å². The van der Waals surface area contributed by atoms with E-state index in [2.05, 4.69) is 10.2 Å². The molecule has 0 spiro atoms. The minimum atomic E-state index is -0.255. The summed E-state index contributed by atoms with van der Waals surface area (Å²) in [6, 6.07) is 9.42. The van der Waals surface area contributed by atoms with Gasteiger partial charge in [-0.1, -0.05) is 12.1 Å². The molecular weight excluding hydrogens is 436 g/mol. The highest BCUT2D eigenvalue weighted by atomic mass is 16.5. The highest BCUT2D eigenvalue weighted by Gasteiger charge is 2.24. The van der Waals surface area contributed by atoms with Gasteiger partial charge in [-0.3, -0.25) is 4.79 Å². The fraction of sp³-hybridized carbons (Fsp3) is 0.423. The lowest BCUT2D eigenvalue weighted by molar-refractivity contribution is -0.113. The Balaban J connectivity index is 1.61. The van der Waals surface area contributed by atoms with Crippen LogP contribution < -0.4 is 29.2 Å². The Morgan fingerprint density at radius 1 is 0.971 bits per heavy atom. The molecule has 8 nitrogen and oxygen atoms in total. The molecule has 2 aliphatic heterocycles. The summed E-state index contributed by atoms with van der Waals surface area (Å²) in [5, 5.41) is 3.00. The Morgan fingerprint density at radius 3 is 2.41 bits per heavy atom. The smallest absolute Gasteiger partial charge is 0.255 e. The molecule has 4 rings (SSSR count). The fourth-order valence-electron chi connectivity index (χ4n) is 4.03. The second-order valence-corrected chi connectivity index (χ2v) is 7.80. The SMILES string of the molecule is CCOc1cc(N2CCOCC2)c(OCC)cc1NC(=O)C1=Cc2cccc(OCC)c2OC1. The Labute approximate surface area is 200 Å². The molecule has 1 saturated heterocycles. The lowest BCUT2D eigenvalue weighted by Crippen LogP contribution is -2.36. The van der Waals surface area contributed by atoms with E-state index in [-0.39, 0.29) is 12.5 Å². The van der Waals surface area contributed by atoms with Crippen LogP contribution in [0.4, 0.5) is 11.4 Å². The lowest BCUT2D eigenvalue weighted by Gasteiger charge is -2.31. The van der Waals surface area contributed by atoms with E-state index in [0.29, 0.717) is 67.3 Å². The predicted molar refractivity (Wildman–Crippen MR) is 132 cm³/mol. The molecule has 1 fully saturated rings. The standard InChI is InChI=1S/C26H32N2O6/c1-4-31-22-9-7-8-18-14-19(17-34-25(18)22)26(29)27-20-15-24(33-6-3)21(16-23(20)32-5-2)28-10-12-30-13-11-28/h7-9,14-16H,4-6,10-13,17H2,1-3H3,(H,27,29). The summed E-state index contributed by atoms with van der Waals surface area (Å²) in [5.41, 5.74) is 2.81. The van der Waals surface area contributed by atoms with E-state index in [9.17, 15) is 4.79 Å². The minimum Gasteiger partial charge on any atom is -0.492 e. The third kappa shape index (κ3) is 5.22. The number of benzene rings is 2. The molecule has 34 heavy (non-hydrogen) atoms. The van der Waals surface area contributed by atoms with E-state index >= 15 is 0 Å². The second kappa shape index (κ2) is 11.2. The van der Waals surface area contributed by atoms with Crippen LogP contribution in [0.15, 0.2) is 35.9 Å². The van der Waals surface area contributed by atoms with Gasteiger partial charge < -0.3 is 33.9 Å². The molecule has 0 unspecified atom stereocenters. The Morgan fingerprint density at radius 2 is 1.68 bits per heavy atom. The van der Waals surface area contributed by atoms with Crippen molar-refractivity contribution in [1.82, 2.24) is 0 Å². The van der Waals surface area contributed by atoms with Gasteiger partial charge in [0.05, 0.1) is 50.0 Å². The zero-order valence-corrected chi connectivity index (χ0v) is 20.0. The molecule has 0 aliphatic carbocycles. The molecule has 2 aliphatic rings. The van der Waals surface area contributed by atoms with E-state index in [1.165, 1.54) is 0 Å². The minimum absolute atomic E-state index is 0.150. The molecule has 2 aromatic carbocycles. The molecule has 2 heterocycles. The van der Waals surface area contributed by atoms with Gasteiger partial charge in [0.15, 0.2) is 11.5 Å². The quantitative estimate of drug-likeness (QED) is 0.593. The number of hydrogen-bond donors (Lipinski definition) is 1. The molecule has 0 saturated carbocycles. The topological polar surface area (TPSA) is 78.5 Å². The summed E-state index contributed by atoms with van der Waals surface area (Å²) >= 11 is 0. The van der Waals surface area contributed by atoms with Crippen molar-refractivity contribution in [1.29, 1.82) is 0 Å². The number of hydrogen-bond acceptors (Lipinski definition) is 7. The Hall–Kier alpha value is -3.39. The fourth-order valence-corrected chi connectivity index (χ4v) is 4.03. The van der Waals surface area contributed by atoms with Crippen molar-refractivity contribution in [3.05, 3.63) is 41.5 Å². The number of carbonyl (C=O) groups is 1. The zero-order chi connectivity index (χ0) is 23.9. The molecule has 2 aromatic rings. The molecular formula is C26H32N2O6. The third-order valence-corrected chi connectivity index (χ3v) is 5.56. The monoisotopic (exact) mass is 468 g/mol. The van der Waals surface area contributed by atoms with E-state index in [1.807, 2.05) is 57.2 Å². The summed E-state index contributed by atoms with van der Waals surface area (Å²) in [4.78, 5) is 15.4. The maximum atomic E-state index is 13.2. The maximum absolute atomic E-state index is 13.2. The molecule has 0 radical (unpaired) electrons. The zero-order valence-electron chi connectivity index (χ0n) is 20.0. The highest BCUT2D eigenvalue weighted by molar-refractivity contribution is 6.08. The van der Waals surface area contributed by atoms with Crippen molar-refractivity contribution in [2.45, 2.75) is 20.8 Å². The van der Waals surface area contributed by atoms with Crippen LogP contribution in [0.1, 0.15) is 26.3 Å². The predicted octanol–water partition coefficient (Wildman–Crippen LogP) is 4.13. The number of morpholine rings is 1. The molecule has 1 amide bonds. The number of para-hydroxylation sites is 1. The van der Waals surface area contributed by atoms with Crippen molar-refractivity contribution < 1.29 is 28.5 Å². The number of nitrogens with one attached hydrogen (secondary N) is 1. The first kappa shape index (κ1) is 23.8. The van der Waals surface area contributed by atoms with Crippen LogP contribution in [0.2, 0.25) is 0 Å². The summed E-state index contributed by atoms with van der Waals surface area (Å²) in [6.45, 7) is 10.3. The summed E-state index contributed by atoms with van der Waals surface area (Å²) in [7, 11) is 0. The van der Waals surface area contributed by atoms with Gasteiger partial charge in [0.2, 0.25) is 0 Å². The van der Waals surface area contributed by atoms with Crippen LogP contribution in [-0.4, -0.2) is 58.6 Å². The summed E-state index contributed by atoms with van der Waals surface area (Å²) < 4.78 is 28.8. The lowest BCUT2D eigenvalue weighted by atomic mass is 10.1. The van der Waals surface area contributed by atoms with E-state index < -0.39 is 0 Å². The van der Waals surface area contributed by atoms with Crippen molar-refractivity contribution >= 4 is 23.4 Å². The van der Waals surface area contributed by atoms with Gasteiger partial charge in [0, 0.05) is 30.8 Å². The molecule has 0 aromatic heterocycles. The number of anilines is 2. The van der Waals surface area contributed by atoms with Crippen LogP contribution in [0.3, 0.4) is 0 Å². The van der Waals surface area contributed by atoms with Crippen molar-refractivity contribution in [3.8, 4) is 23.0 Å². The number of amides is 1. The average Bonchev–Trinajstić information content (AvgIpc) is 2.86. The van der Waals surface area contributed by atoms with Gasteiger partial charge in [-0.05, 0) is 32.9 Å². The molecule has 182 valence electrons. The van der Waals surface area contributed by atoms with Crippen LogP contribution in [0.25, 0.3) is 6.08 Å². The van der Waals surface area contributed by atoms with Gasteiger partial charge >= 0.3 is 0 Å². The molecule has 0 bridgehead atoms. The largest absolute Gasteiger partial charge is 0.492 e. The number of ether oxygens (including phenoxy) is 5. The molecule has 8 heteroatoms. The first-order valence-electron chi connectivity index (χ1n) is 11.8. The van der Waals surface area contributed by atoms with E-state index in [4.69, 9.17) is 23.7 Å². The Bertz CT molecular complexity index is 1050. The Kier molecular flexibility index (Phi) is 7.80. The van der Waals surface area contributed by atoms with E-state index in [0.717, 1.165) is 24.3 Å². The average molecular weight is 469 g/mol. The van der Waals surface area contributed by atoms with Gasteiger partial charge in [-0.15, -0.1) is 0 Å². The summed E-state index contributed by atoms with van der Waals surface area (Å²) in [6.07, 6.45) is 1.84.